The van der Waals surface area contributed by atoms with Gasteiger partial charge in [-0.05, 0) is 36.3 Å². The van der Waals surface area contributed by atoms with E-state index in [0.29, 0.717) is 0 Å². The monoisotopic (exact) mass is 438 g/mol. The van der Waals surface area contributed by atoms with E-state index < -0.39 is 38.4 Å². The second kappa shape index (κ2) is 9.10. The molecule has 0 aliphatic carbocycles. The molecule has 156 valence electrons. The average Bonchev–Trinajstić information content (AvgIpc) is 2.55. The van der Waals surface area contributed by atoms with Gasteiger partial charge in [-0.2, -0.15) is 0 Å². The average molecular weight is 439 g/mol. The minimum absolute atomic E-state index is 0.0800. The molecule has 2 atom stereocenters. The zero-order chi connectivity index (χ0) is 21.8. The van der Waals surface area contributed by atoms with Crippen LogP contribution in [0.2, 0.25) is 37.8 Å². The highest BCUT2D eigenvalue weighted by atomic mass is 32.2. The van der Waals surface area contributed by atoms with Crippen molar-refractivity contribution >= 4 is 26.2 Å². The van der Waals surface area contributed by atoms with Gasteiger partial charge in [0.05, 0.1) is 4.90 Å². The Morgan fingerprint density at radius 3 is 2.07 bits per heavy atom. The predicted molar refractivity (Wildman–Crippen MR) is 122 cm³/mol. The van der Waals surface area contributed by atoms with E-state index in [2.05, 4.69) is 65.0 Å². The first-order valence-corrected chi connectivity index (χ1v) is 17.4. The molecule has 0 saturated heterocycles. The highest BCUT2D eigenvalue weighted by molar-refractivity contribution is 7.94. The number of hydrogen-bond acceptors (Lipinski definition) is 4. The van der Waals surface area contributed by atoms with E-state index in [1.165, 1.54) is 6.08 Å². The maximum absolute atomic E-state index is 12.6. The minimum Gasteiger partial charge on any atom is -0.407 e. The van der Waals surface area contributed by atoms with Gasteiger partial charge < -0.3 is 9.53 Å². The van der Waals surface area contributed by atoms with E-state index in [0.717, 1.165) is 5.41 Å². The Kier molecular flexibility index (Phi) is 8.08. The van der Waals surface area contributed by atoms with Crippen LogP contribution in [0.3, 0.4) is 0 Å². The van der Waals surface area contributed by atoms with Crippen molar-refractivity contribution in [3.8, 4) is 11.5 Å². The zero-order valence-corrected chi connectivity index (χ0v) is 21.1. The molecule has 0 amide bonds. The van der Waals surface area contributed by atoms with Gasteiger partial charge in [0.25, 0.3) is 0 Å². The maximum Gasteiger partial charge on any atom is 0.199 e. The molecule has 0 unspecified atom stereocenters. The molecule has 0 aliphatic rings. The molecule has 0 fully saturated rings. The highest BCUT2D eigenvalue weighted by Crippen LogP contribution is 2.37. The van der Waals surface area contributed by atoms with E-state index >= 15 is 0 Å². The first-order chi connectivity index (χ1) is 12.6. The number of aliphatic hydroxyl groups is 1. The summed E-state index contributed by atoms with van der Waals surface area (Å²) in [4.78, 5) is 0.208. The topological polar surface area (TPSA) is 63.6 Å². The summed E-state index contributed by atoms with van der Waals surface area (Å²) in [6.07, 6.45) is -0.446. The molecule has 0 heterocycles. The summed E-state index contributed by atoms with van der Waals surface area (Å²) in [6, 6.07) is 8.22. The van der Waals surface area contributed by atoms with Gasteiger partial charge in [-0.3, -0.25) is 0 Å². The summed E-state index contributed by atoms with van der Waals surface area (Å²) in [6.45, 7) is 16.7. The first-order valence-electron chi connectivity index (χ1n) is 9.42. The van der Waals surface area contributed by atoms with Crippen molar-refractivity contribution in [2.45, 2.75) is 75.6 Å². The van der Waals surface area contributed by atoms with Crippen LogP contribution in [0.5, 0.6) is 0 Å². The van der Waals surface area contributed by atoms with Crippen molar-refractivity contribution in [3.05, 3.63) is 41.8 Å². The molecule has 1 rings (SSSR count). The summed E-state index contributed by atoms with van der Waals surface area (Å²) < 4.78 is 31.5. The van der Waals surface area contributed by atoms with Crippen LogP contribution in [-0.2, 0) is 14.3 Å². The summed E-state index contributed by atoms with van der Waals surface area (Å²) in [7, 11) is -7.54. The molecule has 1 aromatic carbocycles. The van der Waals surface area contributed by atoms with E-state index in [4.69, 9.17) is 4.43 Å². The second-order valence-electron chi connectivity index (χ2n) is 9.49. The molecule has 0 aliphatic heterocycles. The fourth-order valence-electron chi connectivity index (χ4n) is 1.97. The smallest absolute Gasteiger partial charge is 0.199 e. The third-order valence-corrected chi connectivity index (χ3v) is 11.5. The number of hydrogen-bond donors (Lipinski definition) is 1. The Morgan fingerprint density at radius 2 is 1.61 bits per heavy atom. The van der Waals surface area contributed by atoms with Crippen molar-refractivity contribution in [1.29, 1.82) is 0 Å². The number of rotatable bonds is 6. The Labute approximate surface area is 173 Å². The number of aliphatic hydroxyl groups excluding tert-OH is 1. The maximum atomic E-state index is 12.6. The van der Waals surface area contributed by atoms with Gasteiger partial charge in [0.15, 0.2) is 18.2 Å². The molecule has 0 saturated carbocycles. The third kappa shape index (κ3) is 7.68. The summed E-state index contributed by atoms with van der Waals surface area (Å²) >= 11 is 0. The van der Waals surface area contributed by atoms with E-state index in [1.54, 1.807) is 30.3 Å². The fraction of sp³-hybridized carbons (Fsp3) is 0.524. The van der Waals surface area contributed by atoms with Crippen LogP contribution in [0.15, 0.2) is 46.7 Å². The molecular weight excluding hydrogens is 404 g/mol. The highest BCUT2D eigenvalue weighted by Gasteiger charge is 2.40. The SMILES string of the molecule is CC(C)(C)[Si](C)(C)O[C@H](/C=C/S(=O)(=O)c1ccccc1)[C@H](O)C#C[Si](C)(C)C. The van der Waals surface area contributed by atoms with Crippen LogP contribution in [0.4, 0.5) is 0 Å². The predicted octanol–water partition coefficient (Wildman–Crippen LogP) is 4.61. The van der Waals surface area contributed by atoms with Gasteiger partial charge in [0.1, 0.15) is 20.3 Å². The Hall–Kier alpha value is -1.18. The van der Waals surface area contributed by atoms with Gasteiger partial charge in [-0.15, -0.1) is 5.54 Å². The molecule has 0 aromatic heterocycles. The van der Waals surface area contributed by atoms with Crippen LogP contribution in [-0.4, -0.2) is 42.1 Å². The summed E-state index contributed by atoms with van der Waals surface area (Å²) in [5.41, 5.74) is 3.15. The third-order valence-electron chi connectivity index (χ3n) is 4.66. The normalized spacial score (nSPS) is 15.8. The van der Waals surface area contributed by atoms with Crippen molar-refractivity contribution in [2.24, 2.45) is 0 Å². The molecule has 1 N–H and O–H groups in total. The summed E-state index contributed by atoms with van der Waals surface area (Å²) in [5, 5.41) is 11.7. The fourth-order valence-corrected chi connectivity index (χ4v) is 4.85. The van der Waals surface area contributed by atoms with Gasteiger partial charge in [-0.1, -0.05) is 64.5 Å². The van der Waals surface area contributed by atoms with Crippen molar-refractivity contribution < 1.29 is 18.0 Å². The lowest BCUT2D eigenvalue weighted by atomic mass is 10.2. The van der Waals surface area contributed by atoms with Crippen molar-refractivity contribution in [3.63, 3.8) is 0 Å². The largest absolute Gasteiger partial charge is 0.407 e. The Balaban J connectivity index is 3.25. The molecule has 4 nitrogen and oxygen atoms in total. The van der Waals surface area contributed by atoms with Crippen LogP contribution >= 0.6 is 0 Å². The van der Waals surface area contributed by atoms with Crippen molar-refractivity contribution in [2.75, 3.05) is 0 Å². The van der Waals surface area contributed by atoms with Crippen molar-refractivity contribution in [1.82, 2.24) is 0 Å². The Morgan fingerprint density at radius 1 is 1.07 bits per heavy atom. The standard InChI is InChI=1S/C21H34O4SSi2/c1-21(2,3)28(7,8)25-20(19(22)15-17-27(4,5)6)14-16-26(23,24)18-12-10-9-11-13-18/h9-14,16,19-20,22H,1-8H3/b16-14+/t19-,20-/m1/s1. The molecule has 28 heavy (non-hydrogen) atoms. The van der Waals surface area contributed by atoms with E-state index in [-0.39, 0.29) is 9.93 Å². The van der Waals surface area contributed by atoms with E-state index in [1.807, 2.05) is 0 Å². The van der Waals surface area contributed by atoms with Crippen LogP contribution < -0.4 is 0 Å². The lowest BCUT2D eigenvalue weighted by molar-refractivity contribution is 0.0937. The van der Waals surface area contributed by atoms with Crippen LogP contribution in [0, 0.1) is 11.5 Å². The molecule has 1 aromatic rings. The molecule has 0 spiro atoms. The molecule has 7 heteroatoms. The number of sulfone groups is 1. The molecule has 0 bridgehead atoms. The van der Waals surface area contributed by atoms with Crippen LogP contribution in [0.1, 0.15) is 20.8 Å². The molecular formula is C21H34O4SSi2. The lowest BCUT2D eigenvalue weighted by Gasteiger charge is -2.39. The first kappa shape index (κ1) is 24.9. The van der Waals surface area contributed by atoms with Crippen LogP contribution in [0.25, 0.3) is 0 Å². The summed E-state index contributed by atoms with van der Waals surface area (Å²) in [5.74, 6) is 2.89. The van der Waals surface area contributed by atoms with Gasteiger partial charge in [0.2, 0.25) is 0 Å². The minimum atomic E-state index is -3.62. The number of benzene rings is 1. The van der Waals surface area contributed by atoms with E-state index in [9.17, 15) is 13.5 Å². The quantitative estimate of drug-likeness (QED) is 0.520. The molecule has 0 radical (unpaired) electrons. The van der Waals surface area contributed by atoms with Gasteiger partial charge in [0, 0.05) is 5.41 Å². The second-order valence-corrected chi connectivity index (χ2v) is 20.8. The zero-order valence-electron chi connectivity index (χ0n) is 18.3. The van der Waals surface area contributed by atoms with Gasteiger partial charge >= 0.3 is 0 Å². The lowest BCUT2D eigenvalue weighted by Crippen LogP contribution is -2.46. The Bertz CT molecular complexity index is 836. The van der Waals surface area contributed by atoms with Gasteiger partial charge in [-0.25, -0.2) is 8.42 Å².